The highest BCUT2D eigenvalue weighted by atomic mass is 16.7. The average Bonchev–Trinajstić information content (AvgIpc) is 2.42. The van der Waals surface area contributed by atoms with E-state index in [4.69, 9.17) is 9.47 Å². The Morgan fingerprint density at radius 1 is 1.25 bits per heavy atom. The lowest BCUT2D eigenvalue weighted by Crippen LogP contribution is -2.29. The fourth-order valence-electron chi connectivity index (χ4n) is 1.94. The fourth-order valence-corrected chi connectivity index (χ4v) is 1.94. The van der Waals surface area contributed by atoms with Gasteiger partial charge in [-0.15, -0.1) is 0 Å². The van der Waals surface area contributed by atoms with Crippen molar-refractivity contribution in [1.82, 2.24) is 0 Å². The third-order valence-corrected chi connectivity index (χ3v) is 2.73. The van der Waals surface area contributed by atoms with Gasteiger partial charge in [-0.3, -0.25) is 0 Å². The smallest absolute Gasteiger partial charge is 0.169 e. The molecule has 0 aromatic rings. The van der Waals surface area contributed by atoms with Crippen LogP contribution in [0.2, 0.25) is 0 Å². The van der Waals surface area contributed by atoms with Gasteiger partial charge in [0.25, 0.3) is 0 Å². The first-order valence-corrected chi connectivity index (χ1v) is 4.74. The molecule has 0 amide bonds. The van der Waals surface area contributed by atoms with Crippen molar-refractivity contribution in [3.8, 4) is 0 Å². The minimum Gasteiger partial charge on any atom is -0.348 e. The van der Waals surface area contributed by atoms with Gasteiger partial charge in [0, 0.05) is 12.8 Å². The van der Waals surface area contributed by atoms with E-state index in [1.54, 1.807) is 0 Å². The van der Waals surface area contributed by atoms with Crippen LogP contribution in [0.15, 0.2) is 11.6 Å². The fraction of sp³-hybridized carbons (Fsp3) is 0.800. The summed E-state index contributed by atoms with van der Waals surface area (Å²) in [6.45, 7) is 3.74. The number of allylic oxidation sites excluding steroid dienone is 2. The first-order chi connectivity index (χ1) is 5.81. The van der Waals surface area contributed by atoms with Gasteiger partial charge in [0.05, 0.1) is 13.2 Å². The molecular formula is C10H16O2. The normalized spacial score (nSPS) is 28.6. The first kappa shape index (κ1) is 8.27. The molecule has 2 aliphatic rings. The van der Waals surface area contributed by atoms with Gasteiger partial charge in [-0.1, -0.05) is 11.6 Å². The van der Waals surface area contributed by atoms with Crippen molar-refractivity contribution in [1.29, 1.82) is 0 Å². The summed E-state index contributed by atoms with van der Waals surface area (Å²) in [6.07, 6.45) is 6.60. The molecule has 0 aromatic heterocycles. The summed E-state index contributed by atoms with van der Waals surface area (Å²) in [5.74, 6) is -0.214. The summed E-state index contributed by atoms with van der Waals surface area (Å²) in [5, 5.41) is 0. The van der Waals surface area contributed by atoms with Gasteiger partial charge < -0.3 is 9.47 Å². The molecule has 1 aliphatic carbocycles. The summed E-state index contributed by atoms with van der Waals surface area (Å²) < 4.78 is 11.3. The monoisotopic (exact) mass is 168 g/mol. The number of rotatable bonds is 0. The Morgan fingerprint density at radius 3 is 2.75 bits per heavy atom. The van der Waals surface area contributed by atoms with Crippen molar-refractivity contribution in [3.05, 3.63) is 11.6 Å². The first-order valence-electron chi connectivity index (χ1n) is 4.74. The molecule has 2 nitrogen and oxygen atoms in total. The van der Waals surface area contributed by atoms with E-state index >= 15 is 0 Å². The van der Waals surface area contributed by atoms with E-state index in [0.29, 0.717) is 0 Å². The van der Waals surface area contributed by atoms with Crippen LogP contribution in [0.5, 0.6) is 0 Å². The zero-order chi connectivity index (χ0) is 8.44. The quantitative estimate of drug-likeness (QED) is 0.516. The van der Waals surface area contributed by atoms with Gasteiger partial charge in [-0.25, -0.2) is 0 Å². The maximum atomic E-state index is 5.65. The molecule has 1 spiro atoms. The zero-order valence-electron chi connectivity index (χ0n) is 7.64. The molecule has 2 rings (SSSR count). The second kappa shape index (κ2) is 3.19. The molecule has 1 saturated heterocycles. The minimum absolute atomic E-state index is 0.214. The van der Waals surface area contributed by atoms with Crippen molar-refractivity contribution in [2.45, 2.75) is 38.4 Å². The van der Waals surface area contributed by atoms with Gasteiger partial charge in [0.1, 0.15) is 0 Å². The zero-order valence-corrected chi connectivity index (χ0v) is 7.64. The van der Waals surface area contributed by atoms with Gasteiger partial charge in [-0.05, 0) is 19.8 Å². The van der Waals surface area contributed by atoms with Crippen LogP contribution in [0.1, 0.15) is 32.6 Å². The number of ether oxygens (including phenoxy) is 2. The van der Waals surface area contributed by atoms with E-state index < -0.39 is 0 Å². The van der Waals surface area contributed by atoms with Crippen LogP contribution in [0.3, 0.4) is 0 Å². The Morgan fingerprint density at radius 2 is 2.00 bits per heavy atom. The van der Waals surface area contributed by atoms with E-state index in [-0.39, 0.29) is 5.79 Å². The molecule has 1 fully saturated rings. The highest BCUT2D eigenvalue weighted by Gasteiger charge is 2.36. The molecular weight excluding hydrogens is 152 g/mol. The molecule has 2 heteroatoms. The van der Waals surface area contributed by atoms with Gasteiger partial charge in [-0.2, -0.15) is 0 Å². The minimum atomic E-state index is -0.214. The largest absolute Gasteiger partial charge is 0.348 e. The van der Waals surface area contributed by atoms with Crippen LogP contribution in [0.4, 0.5) is 0 Å². The second-order valence-corrected chi connectivity index (χ2v) is 3.70. The number of hydrogen-bond donors (Lipinski definition) is 0. The summed E-state index contributed by atoms with van der Waals surface area (Å²) in [4.78, 5) is 0. The molecule has 0 atom stereocenters. The molecule has 1 heterocycles. The van der Waals surface area contributed by atoms with Crippen molar-refractivity contribution in [2.75, 3.05) is 13.2 Å². The van der Waals surface area contributed by atoms with Crippen molar-refractivity contribution >= 4 is 0 Å². The van der Waals surface area contributed by atoms with Crippen LogP contribution in [0.25, 0.3) is 0 Å². The van der Waals surface area contributed by atoms with Crippen molar-refractivity contribution in [2.24, 2.45) is 0 Å². The highest BCUT2D eigenvalue weighted by Crippen LogP contribution is 2.33. The van der Waals surface area contributed by atoms with Crippen LogP contribution < -0.4 is 0 Å². The van der Waals surface area contributed by atoms with Crippen LogP contribution in [-0.2, 0) is 9.47 Å². The van der Waals surface area contributed by atoms with Gasteiger partial charge in [0.2, 0.25) is 0 Å². The van der Waals surface area contributed by atoms with E-state index in [1.807, 2.05) is 0 Å². The number of hydrogen-bond acceptors (Lipinski definition) is 2. The molecule has 1 aliphatic heterocycles. The summed E-state index contributed by atoms with van der Waals surface area (Å²) in [5.41, 5.74) is 1.48. The molecule has 0 unspecified atom stereocenters. The maximum absolute atomic E-state index is 5.65. The lowest BCUT2D eigenvalue weighted by atomic mass is 10.1. The Kier molecular flexibility index (Phi) is 2.20. The maximum Gasteiger partial charge on any atom is 0.169 e. The Labute approximate surface area is 73.5 Å². The topological polar surface area (TPSA) is 18.5 Å². The van der Waals surface area contributed by atoms with Crippen molar-refractivity contribution in [3.63, 3.8) is 0 Å². The summed E-state index contributed by atoms with van der Waals surface area (Å²) in [6, 6.07) is 0. The molecule has 0 bridgehead atoms. The molecule has 0 saturated carbocycles. The van der Waals surface area contributed by atoms with E-state index in [0.717, 1.165) is 38.9 Å². The third kappa shape index (κ3) is 1.54. The lowest BCUT2D eigenvalue weighted by Gasteiger charge is -2.25. The summed E-state index contributed by atoms with van der Waals surface area (Å²) >= 11 is 0. The van der Waals surface area contributed by atoms with E-state index in [2.05, 4.69) is 13.0 Å². The SMILES string of the molecule is CC1=CCCC2(CC1)OCCO2. The molecule has 0 N–H and O–H groups in total. The van der Waals surface area contributed by atoms with Crippen LogP contribution in [-0.4, -0.2) is 19.0 Å². The molecule has 0 aromatic carbocycles. The van der Waals surface area contributed by atoms with E-state index in [9.17, 15) is 0 Å². The van der Waals surface area contributed by atoms with Gasteiger partial charge in [0.15, 0.2) is 5.79 Å². The van der Waals surface area contributed by atoms with Gasteiger partial charge >= 0.3 is 0 Å². The molecule has 12 heavy (non-hydrogen) atoms. The summed E-state index contributed by atoms with van der Waals surface area (Å²) in [7, 11) is 0. The second-order valence-electron chi connectivity index (χ2n) is 3.70. The Bertz CT molecular complexity index is 190. The Balaban J connectivity index is 2.01. The average molecular weight is 168 g/mol. The Hall–Kier alpha value is -0.340. The molecule has 0 radical (unpaired) electrons. The molecule has 68 valence electrons. The predicted molar refractivity (Wildman–Crippen MR) is 46.9 cm³/mol. The van der Waals surface area contributed by atoms with Crippen LogP contribution in [0, 0.1) is 0 Å². The third-order valence-electron chi connectivity index (χ3n) is 2.73. The lowest BCUT2D eigenvalue weighted by molar-refractivity contribution is -0.164. The van der Waals surface area contributed by atoms with Crippen molar-refractivity contribution < 1.29 is 9.47 Å². The standard InChI is InChI=1S/C10H16O2/c1-9-3-2-5-10(6-4-9)11-7-8-12-10/h3H,2,4-8H2,1H3. The van der Waals surface area contributed by atoms with E-state index in [1.165, 1.54) is 5.57 Å². The predicted octanol–water partition coefficient (Wildman–Crippen LogP) is 2.25. The highest BCUT2D eigenvalue weighted by molar-refractivity contribution is 5.02. The van der Waals surface area contributed by atoms with Crippen LogP contribution >= 0.6 is 0 Å².